The minimum absolute atomic E-state index is 0.665. The molecule has 0 radical (unpaired) electrons. The van der Waals surface area contributed by atoms with Gasteiger partial charge in [0.05, 0.1) is 17.6 Å². The molecule has 0 amide bonds. The first-order valence-electron chi connectivity index (χ1n) is 10.2. The average Bonchev–Trinajstić information content (AvgIpc) is 2.70. The van der Waals surface area contributed by atoms with E-state index in [9.17, 15) is 4.55 Å². The lowest BCUT2D eigenvalue weighted by molar-refractivity contribution is 0.158. The maximum absolute atomic E-state index is 12.5. The lowest BCUT2D eigenvalue weighted by atomic mass is 9.99. The van der Waals surface area contributed by atoms with Gasteiger partial charge in [-0.05, 0) is 62.1 Å². The monoisotopic (exact) mass is 398 g/mol. The predicted octanol–water partition coefficient (Wildman–Crippen LogP) is 2.87. The van der Waals surface area contributed by atoms with Gasteiger partial charge in [-0.1, -0.05) is 12.1 Å². The van der Waals surface area contributed by atoms with E-state index in [1.165, 1.54) is 23.2 Å². The highest BCUT2D eigenvalue weighted by Crippen LogP contribution is 2.27. The predicted molar refractivity (Wildman–Crippen MR) is 115 cm³/mol. The van der Waals surface area contributed by atoms with Crippen LogP contribution in [0.2, 0.25) is 0 Å². The summed E-state index contributed by atoms with van der Waals surface area (Å²) in [7, 11) is 0. The highest BCUT2D eigenvalue weighted by molar-refractivity contribution is 7.89. The first kappa shape index (κ1) is 19.7. The van der Waals surface area contributed by atoms with Crippen molar-refractivity contribution in [3.63, 3.8) is 0 Å². The van der Waals surface area contributed by atoms with Crippen LogP contribution in [-0.2, 0) is 11.4 Å². The minimum Gasteiger partial charge on any atom is -0.593 e. The Balaban J connectivity index is 1.18. The lowest BCUT2D eigenvalue weighted by Gasteiger charge is -2.40. The third kappa shape index (κ3) is 4.35. The van der Waals surface area contributed by atoms with Gasteiger partial charge < -0.3 is 9.45 Å². The molecule has 5 nitrogen and oxygen atoms in total. The van der Waals surface area contributed by atoms with Crippen LogP contribution in [0.4, 0.5) is 5.69 Å². The van der Waals surface area contributed by atoms with Crippen LogP contribution < -0.4 is 4.90 Å². The number of hydrogen-bond donors (Lipinski definition) is 0. The van der Waals surface area contributed by atoms with Gasteiger partial charge in [0.25, 0.3) is 0 Å². The Kier molecular flexibility index (Phi) is 6.21. The lowest BCUT2D eigenvalue weighted by Crippen LogP contribution is -2.52. The fourth-order valence-corrected chi connectivity index (χ4v) is 5.43. The standard InChI is InChI=1S/C22H30N4OS/c1-18-5-3-7-22(19(18)2)25-13-11-24(12-14-25)10-8-20-16-26(17-20)28(27)21-6-4-9-23-15-21/h3-7,9,15,20H,8,10-14,16-17H2,1-2H3. The first-order chi connectivity index (χ1) is 13.6. The molecule has 0 aliphatic carbocycles. The van der Waals surface area contributed by atoms with E-state index in [-0.39, 0.29) is 0 Å². The van der Waals surface area contributed by atoms with Gasteiger partial charge in [-0.15, -0.1) is 4.31 Å². The van der Waals surface area contributed by atoms with Crippen LogP contribution in [0.5, 0.6) is 0 Å². The molecule has 0 bridgehead atoms. The Morgan fingerprint density at radius 2 is 1.86 bits per heavy atom. The van der Waals surface area contributed by atoms with Crippen LogP contribution in [-0.4, -0.2) is 64.6 Å². The summed E-state index contributed by atoms with van der Waals surface area (Å²) in [6.45, 7) is 11.9. The van der Waals surface area contributed by atoms with Crippen molar-refractivity contribution in [2.75, 3.05) is 50.7 Å². The molecule has 1 aromatic carbocycles. The van der Waals surface area contributed by atoms with Crippen LogP contribution in [0, 0.1) is 19.8 Å². The molecule has 2 saturated heterocycles. The molecule has 3 heterocycles. The molecule has 1 aromatic heterocycles. The van der Waals surface area contributed by atoms with E-state index in [1.54, 1.807) is 12.4 Å². The number of piperazine rings is 1. The fraction of sp³-hybridized carbons (Fsp3) is 0.500. The third-order valence-electron chi connectivity index (χ3n) is 6.14. The summed E-state index contributed by atoms with van der Waals surface area (Å²) in [5.41, 5.74) is 4.18. The van der Waals surface area contributed by atoms with Gasteiger partial charge in [-0.25, -0.2) is 0 Å². The Bertz CT molecular complexity index is 773. The number of pyridine rings is 1. The summed E-state index contributed by atoms with van der Waals surface area (Å²) in [6, 6.07) is 10.4. The van der Waals surface area contributed by atoms with Crippen molar-refractivity contribution < 1.29 is 4.55 Å². The van der Waals surface area contributed by atoms with E-state index in [0.717, 1.165) is 50.7 Å². The maximum Gasteiger partial charge on any atom is 0.192 e. The Hall–Kier alpha value is -1.60. The van der Waals surface area contributed by atoms with E-state index >= 15 is 0 Å². The van der Waals surface area contributed by atoms with Crippen molar-refractivity contribution >= 4 is 17.0 Å². The summed E-state index contributed by atoms with van der Waals surface area (Å²) in [6.07, 6.45) is 4.63. The van der Waals surface area contributed by atoms with Gasteiger partial charge in [0.15, 0.2) is 4.90 Å². The number of anilines is 1. The van der Waals surface area contributed by atoms with Crippen molar-refractivity contribution in [2.24, 2.45) is 5.92 Å². The molecule has 2 aromatic rings. The van der Waals surface area contributed by atoms with Gasteiger partial charge in [0.2, 0.25) is 0 Å². The van der Waals surface area contributed by atoms with E-state index in [2.05, 4.69) is 51.1 Å². The smallest absolute Gasteiger partial charge is 0.192 e. The fourth-order valence-electron chi connectivity index (χ4n) is 4.10. The van der Waals surface area contributed by atoms with Gasteiger partial charge in [-0.2, -0.15) is 0 Å². The summed E-state index contributed by atoms with van der Waals surface area (Å²) in [5, 5.41) is 0. The number of benzene rings is 1. The van der Waals surface area contributed by atoms with Crippen molar-refractivity contribution in [1.82, 2.24) is 14.2 Å². The number of aromatic nitrogens is 1. The van der Waals surface area contributed by atoms with Crippen molar-refractivity contribution in [1.29, 1.82) is 0 Å². The molecule has 150 valence electrons. The number of nitrogens with zero attached hydrogens (tertiary/aromatic N) is 4. The second-order valence-corrected chi connectivity index (χ2v) is 9.47. The molecule has 1 atom stereocenters. The van der Waals surface area contributed by atoms with Crippen LogP contribution >= 0.6 is 0 Å². The van der Waals surface area contributed by atoms with Crippen LogP contribution in [0.25, 0.3) is 0 Å². The summed E-state index contributed by atoms with van der Waals surface area (Å²) >= 11 is -1.05. The molecule has 6 heteroatoms. The minimum atomic E-state index is -1.05. The molecule has 4 rings (SSSR count). The molecule has 0 spiro atoms. The molecule has 2 aliphatic heterocycles. The van der Waals surface area contributed by atoms with E-state index in [1.807, 2.05) is 12.1 Å². The van der Waals surface area contributed by atoms with Crippen molar-refractivity contribution in [3.05, 3.63) is 53.9 Å². The summed E-state index contributed by atoms with van der Waals surface area (Å²) in [4.78, 5) is 9.99. The molecule has 28 heavy (non-hydrogen) atoms. The number of hydrogen-bond acceptors (Lipinski definition) is 5. The Morgan fingerprint density at radius 1 is 1.07 bits per heavy atom. The highest BCUT2D eigenvalue weighted by atomic mass is 32.2. The topological polar surface area (TPSA) is 45.7 Å². The average molecular weight is 399 g/mol. The number of rotatable bonds is 6. The van der Waals surface area contributed by atoms with Crippen LogP contribution in [0.15, 0.2) is 47.6 Å². The second kappa shape index (κ2) is 8.82. The molecular weight excluding hydrogens is 368 g/mol. The zero-order chi connectivity index (χ0) is 19.5. The van der Waals surface area contributed by atoms with Gasteiger partial charge in [0, 0.05) is 51.2 Å². The summed E-state index contributed by atoms with van der Waals surface area (Å²) in [5.74, 6) is 0.665. The molecule has 0 N–H and O–H groups in total. The zero-order valence-corrected chi connectivity index (χ0v) is 17.7. The number of aryl methyl sites for hydroxylation is 1. The third-order valence-corrected chi connectivity index (χ3v) is 7.55. The quantitative estimate of drug-likeness (QED) is 0.700. The first-order valence-corrected chi connectivity index (χ1v) is 11.3. The van der Waals surface area contributed by atoms with E-state index in [0.29, 0.717) is 5.92 Å². The van der Waals surface area contributed by atoms with E-state index < -0.39 is 11.4 Å². The second-order valence-electron chi connectivity index (χ2n) is 7.99. The van der Waals surface area contributed by atoms with Crippen molar-refractivity contribution in [3.8, 4) is 0 Å². The van der Waals surface area contributed by atoms with Crippen molar-refractivity contribution in [2.45, 2.75) is 25.2 Å². The Morgan fingerprint density at radius 3 is 2.57 bits per heavy atom. The SMILES string of the molecule is Cc1cccc(N2CCN(CCC3CN([S+]([O-])c4cccnc4)C3)CC2)c1C. The molecule has 2 fully saturated rings. The molecule has 2 aliphatic rings. The van der Waals surface area contributed by atoms with Gasteiger partial charge in [-0.3, -0.25) is 9.88 Å². The molecule has 1 unspecified atom stereocenters. The van der Waals surface area contributed by atoms with E-state index in [4.69, 9.17) is 0 Å². The van der Waals surface area contributed by atoms with Crippen LogP contribution in [0.1, 0.15) is 17.5 Å². The van der Waals surface area contributed by atoms with Gasteiger partial charge >= 0.3 is 0 Å². The normalized spacial score (nSPS) is 20.2. The largest absolute Gasteiger partial charge is 0.593 e. The Labute approximate surface area is 171 Å². The molecular formula is C22H30N4OS. The summed E-state index contributed by atoms with van der Waals surface area (Å²) < 4.78 is 14.5. The van der Waals surface area contributed by atoms with Gasteiger partial charge in [0.1, 0.15) is 0 Å². The maximum atomic E-state index is 12.5. The van der Waals surface area contributed by atoms with Crippen LogP contribution in [0.3, 0.4) is 0 Å². The molecule has 0 saturated carbocycles. The zero-order valence-electron chi connectivity index (χ0n) is 16.9. The highest BCUT2D eigenvalue weighted by Gasteiger charge is 2.36.